The highest BCUT2D eigenvalue weighted by Gasteiger charge is 2.18. The van der Waals surface area contributed by atoms with Gasteiger partial charge in [-0.1, -0.05) is 73.6 Å². The number of hydrogen-bond acceptors (Lipinski definition) is 5. The zero-order valence-corrected chi connectivity index (χ0v) is 22.0. The van der Waals surface area contributed by atoms with Gasteiger partial charge in [0.1, 0.15) is 5.75 Å². The molecule has 4 aromatic rings. The molecule has 0 fully saturated rings. The zero-order valence-electron chi connectivity index (χ0n) is 21.2. The van der Waals surface area contributed by atoms with Gasteiger partial charge in [0.25, 0.3) is 0 Å². The fraction of sp³-hybridized carbons (Fsp3) is 0.276. The van der Waals surface area contributed by atoms with Gasteiger partial charge in [0.2, 0.25) is 5.91 Å². The Morgan fingerprint density at radius 3 is 2.42 bits per heavy atom. The van der Waals surface area contributed by atoms with Crippen molar-refractivity contribution in [2.24, 2.45) is 0 Å². The fourth-order valence-electron chi connectivity index (χ4n) is 3.92. The summed E-state index contributed by atoms with van der Waals surface area (Å²) in [5.74, 6) is 2.05. The second-order valence-corrected chi connectivity index (χ2v) is 9.61. The van der Waals surface area contributed by atoms with Gasteiger partial charge in [0.05, 0.1) is 12.4 Å². The number of anilines is 1. The predicted molar refractivity (Wildman–Crippen MR) is 147 cm³/mol. The second kappa shape index (κ2) is 11.9. The van der Waals surface area contributed by atoms with Crippen molar-refractivity contribution in [3.05, 3.63) is 83.9 Å². The van der Waals surface area contributed by atoms with E-state index in [1.54, 1.807) is 0 Å². The summed E-state index contributed by atoms with van der Waals surface area (Å²) < 4.78 is 7.60. The average molecular weight is 501 g/mol. The van der Waals surface area contributed by atoms with E-state index in [0.717, 1.165) is 40.5 Å². The number of nitrogens with zero attached hydrogens (tertiary/aromatic N) is 3. The fourth-order valence-corrected chi connectivity index (χ4v) is 4.67. The monoisotopic (exact) mass is 500 g/mol. The molecule has 0 saturated carbocycles. The minimum atomic E-state index is -0.0751. The van der Waals surface area contributed by atoms with Crippen molar-refractivity contribution in [3.8, 4) is 22.8 Å². The van der Waals surface area contributed by atoms with E-state index in [1.807, 2.05) is 66.1 Å². The second-order valence-electron chi connectivity index (χ2n) is 8.67. The number of carbonyl (C=O) groups excluding carboxylic acids is 1. The summed E-state index contributed by atoms with van der Waals surface area (Å²) >= 11 is 1.37. The number of amides is 1. The molecule has 1 aromatic heterocycles. The summed E-state index contributed by atoms with van der Waals surface area (Å²) in [6.45, 7) is 8.95. The van der Waals surface area contributed by atoms with E-state index in [0.29, 0.717) is 17.7 Å². The Labute approximate surface area is 217 Å². The molecule has 0 bridgehead atoms. The minimum absolute atomic E-state index is 0.0751. The Bertz CT molecular complexity index is 1300. The quantitative estimate of drug-likeness (QED) is 0.240. The largest absolute Gasteiger partial charge is 0.494 e. The van der Waals surface area contributed by atoms with Gasteiger partial charge in [-0.25, -0.2) is 0 Å². The van der Waals surface area contributed by atoms with Crippen LogP contribution in [0.15, 0.2) is 78.0 Å². The maximum atomic E-state index is 12.9. The number of rotatable bonds is 10. The smallest absolute Gasteiger partial charge is 0.234 e. The van der Waals surface area contributed by atoms with Crippen molar-refractivity contribution in [2.45, 2.75) is 45.2 Å². The van der Waals surface area contributed by atoms with Gasteiger partial charge in [-0.05, 0) is 62.1 Å². The molecule has 3 aromatic carbocycles. The predicted octanol–water partition coefficient (Wildman–Crippen LogP) is 6.89. The first-order chi connectivity index (χ1) is 17.5. The Morgan fingerprint density at radius 1 is 1.00 bits per heavy atom. The van der Waals surface area contributed by atoms with Crippen LogP contribution >= 0.6 is 11.8 Å². The van der Waals surface area contributed by atoms with Crippen LogP contribution in [0.3, 0.4) is 0 Å². The number of para-hydroxylation sites is 1. The van der Waals surface area contributed by atoms with Gasteiger partial charge in [-0.15, -0.1) is 10.2 Å². The first-order valence-corrected chi connectivity index (χ1v) is 13.3. The lowest BCUT2D eigenvalue weighted by Gasteiger charge is -2.15. The SMILES string of the molecule is CCOc1ccc(-n2c(SCC(=O)Nc3ccccc3C(C)CC)nnc2-c2ccc(C)cc2)cc1. The number of nitrogens with one attached hydrogen (secondary N) is 1. The molecule has 4 rings (SSSR count). The summed E-state index contributed by atoms with van der Waals surface area (Å²) in [5.41, 5.74) is 5.06. The van der Waals surface area contributed by atoms with E-state index < -0.39 is 0 Å². The summed E-state index contributed by atoms with van der Waals surface area (Å²) in [4.78, 5) is 12.9. The number of aromatic nitrogens is 3. The molecule has 0 spiro atoms. The van der Waals surface area contributed by atoms with E-state index in [2.05, 4.69) is 54.5 Å². The summed E-state index contributed by atoms with van der Waals surface area (Å²) in [5, 5.41) is 12.7. The van der Waals surface area contributed by atoms with E-state index in [-0.39, 0.29) is 11.7 Å². The highest BCUT2D eigenvalue weighted by molar-refractivity contribution is 7.99. The van der Waals surface area contributed by atoms with E-state index >= 15 is 0 Å². The van der Waals surface area contributed by atoms with Crippen molar-refractivity contribution >= 4 is 23.4 Å². The highest BCUT2D eigenvalue weighted by Crippen LogP contribution is 2.30. The van der Waals surface area contributed by atoms with Crippen LogP contribution in [0, 0.1) is 6.92 Å². The van der Waals surface area contributed by atoms with Crippen LogP contribution in [-0.2, 0) is 4.79 Å². The molecule has 1 unspecified atom stereocenters. The van der Waals surface area contributed by atoms with E-state index in [4.69, 9.17) is 4.74 Å². The minimum Gasteiger partial charge on any atom is -0.494 e. The van der Waals surface area contributed by atoms with Crippen molar-refractivity contribution in [3.63, 3.8) is 0 Å². The third-order valence-electron chi connectivity index (χ3n) is 6.06. The summed E-state index contributed by atoms with van der Waals surface area (Å²) in [6, 6.07) is 24.0. The standard InChI is InChI=1S/C29H32N4O2S/c1-5-21(4)25-9-7-8-10-26(25)30-27(34)19-36-29-32-31-28(22-13-11-20(3)12-14-22)33(29)23-15-17-24(18-16-23)35-6-2/h7-18,21H,5-6,19H2,1-4H3,(H,30,34). The van der Waals surface area contributed by atoms with Gasteiger partial charge in [0, 0.05) is 16.9 Å². The maximum Gasteiger partial charge on any atom is 0.234 e. The highest BCUT2D eigenvalue weighted by atomic mass is 32.2. The number of ether oxygens (including phenoxy) is 1. The lowest BCUT2D eigenvalue weighted by Crippen LogP contribution is -2.16. The summed E-state index contributed by atoms with van der Waals surface area (Å²) in [7, 11) is 0. The van der Waals surface area contributed by atoms with Crippen molar-refractivity contribution in [1.29, 1.82) is 0 Å². The molecule has 0 aliphatic rings. The van der Waals surface area contributed by atoms with Crippen LogP contribution in [0.1, 0.15) is 44.2 Å². The molecule has 1 N–H and O–H groups in total. The molecule has 36 heavy (non-hydrogen) atoms. The van der Waals surface area contributed by atoms with E-state index in [9.17, 15) is 4.79 Å². The number of aryl methyl sites for hydroxylation is 1. The molecule has 1 atom stereocenters. The van der Waals surface area contributed by atoms with Gasteiger partial charge in [0.15, 0.2) is 11.0 Å². The molecule has 0 saturated heterocycles. The molecule has 186 valence electrons. The number of thioether (sulfide) groups is 1. The number of benzene rings is 3. The van der Waals surface area contributed by atoms with Crippen molar-refractivity contribution in [1.82, 2.24) is 14.8 Å². The lowest BCUT2D eigenvalue weighted by atomic mass is 9.97. The van der Waals surface area contributed by atoms with Crippen LogP contribution in [0.4, 0.5) is 5.69 Å². The van der Waals surface area contributed by atoms with Crippen LogP contribution in [-0.4, -0.2) is 33.0 Å². The molecule has 6 nitrogen and oxygen atoms in total. The molecule has 0 aliphatic carbocycles. The lowest BCUT2D eigenvalue weighted by molar-refractivity contribution is -0.113. The van der Waals surface area contributed by atoms with Crippen LogP contribution in [0.25, 0.3) is 17.1 Å². The number of carbonyl (C=O) groups is 1. The van der Waals surface area contributed by atoms with Gasteiger partial charge in [-0.3, -0.25) is 9.36 Å². The topological polar surface area (TPSA) is 69.0 Å². The summed E-state index contributed by atoms with van der Waals surface area (Å²) in [6.07, 6.45) is 1.01. The Morgan fingerprint density at radius 2 is 1.72 bits per heavy atom. The first-order valence-electron chi connectivity index (χ1n) is 12.3. The Balaban J connectivity index is 1.59. The zero-order chi connectivity index (χ0) is 25.5. The molecule has 7 heteroatoms. The van der Waals surface area contributed by atoms with Crippen molar-refractivity contribution in [2.75, 3.05) is 17.7 Å². The van der Waals surface area contributed by atoms with Crippen molar-refractivity contribution < 1.29 is 9.53 Å². The number of hydrogen-bond donors (Lipinski definition) is 1. The third-order valence-corrected chi connectivity index (χ3v) is 6.99. The molecule has 1 heterocycles. The van der Waals surface area contributed by atoms with Crippen LogP contribution < -0.4 is 10.1 Å². The van der Waals surface area contributed by atoms with Gasteiger partial charge in [-0.2, -0.15) is 0 Å². The first kappa shape index (κ1) is 25.5. The van der Waals surface area contributed by atoms with Gasteiger partial charge < -0.3 is 10.1 Å². The van der Waals surface area contributed by atoms with Crippen LogP contribution in [0.2, 0.25) is 0 Å². The van der Waals surface area contributed by atoms with Crippen LogP contribution in [0.5, 0.6) is 5.75 Å². The third kappa shape index (κ3) is 5.97. The molecule has 0 radical (unpaired) electrons. The normalized spacial score (nSPS) is 11.8. The average Bonchev–Trinajstić information content (AvgIpc) is 3.32. The Kier molecular flexibility index (Phi) is 8.44. The molecular formula is C29H32N4O2S. The Hall–Kier alpha value is -3.58. The van der Waals surface area contributed by atoms with E-state index in [1.165, 1.54) is 17.3 Å². The molecular weight excluding hydrogens is 468 g/mol. The maximum absolute atomic E-state index is 12.9. The van der Waals surface area contributed by atoms with Gasteiger partial charge >= 0.3 is 0 Å². The molecule has 0 aliphatic heterocycles. The molecule has 1 amide bonds.